The first-order valence-electron chi connectivity index (χ1n) is 5.50. The van der Waals surface area contributed by atoms with E-state index in [1.165, 1.54) is 5.56 Å². The molecule has 4 heteroatoms. The zero-order valence-electron chi connectivity index (χ0n) is 9.38. The van der Waals surface area contributed by atoms with Crippen molar-refractivity contribution in [2.24, 2.45) is 0 Å². The number of anilines is 1. The minimum absolute atomic E-state index is 0.0832. The summed E-state index contributed by atoms with van der Waals surface area (Å²) < 4.78 is 5.53. The van der Waals surface area contributed by atoms with Gasteiger partial charge in [0.1, 0.15) is 12.4 Å². The predicted molar refractivity (Wildman–Crippen MR) is 62.8 cm³/mol. The Morgan fingerprint density at radius 1 is 1.44 bits per heavy atom. The average molecular weight is 220 g/mol. The molecular weight excluding hydrogens is 204 g/mol. The highest BCUT2D eigenvalue weighted by molar-refractivity contribution is 5.94. The minimum Gasteiger partial charge on any atom is -0.492 e. The molecule has 1 aliphatic heterocycles. The van der Waals surface area contributed by atoms with E-state index in [0.717, 1.165) is 24.4 Å². The lowest BCUT2D eigenvalue weighted by molar-refractivity contribution is -0.116. The summed E-state index contributed by atoms with van der Waals surface area (Å²) in [7, 11) is 1.89. The second-order valence-corrected chi connectivity index (χ2v) is 3.82. The van der Waals surface area contributed by atoms with Crippen molar-refractivity contribution in [3.8, 4) is 5.75 Å². The molecule has 0 radical (unpaired) electrons. The summed E-state index contributed by atoms with van der Waals surface area (Å²) in [6, 6.07) is 5.86. The number of fused-ring (bicyclic) bond motifs is 1. The summed E-state index contributed by atoms with van der Waals surface area (Å²) in [6.45, 7) is 1.44. The van der Waals surface area contributed by atoms with Crippen LogP contribution in [0.25, 0.3) is 0 Å². The summed E-state index contributed by atoms with van der Waals surface area (Å²) in [5, 5.41) is 5.87. The zero-order valence-corrected chi connectivity index (χ0v) is 9.38. The Kier molecular flexibility index (Phi) is 3.41. The van der Waals surface area contributed by atoms with E-state index in [4.69, 9.17) is 4.74 Å². The van der Waals surface area contributed by atoms with Gasteiger partial charge < -0.3 is 15.4 Å². The lowest BCUT2D eigenvalue weighted by Crippen LogP contribution is -2.19. The topological polar surface area (TPSA) is 50.4 Å². The van der Waals surface area contributed by atoms with Gasteiger partial charge in [-0.1, -0.05) is 6.07 Å². The fourth-order valence-corrected chi connectivity index (χ4v) is 1.71. The second kappa shape index (κ2) is 4.99. The zero-order chi connectivity index (χ0) is 11.4. The summed E-state index contributed by atoms with van der Waals surface area (Å²) in [4.78, 5) is 11.2. The number of benzene rings is 1. The molecular formula is C12H16N2O2. The number of likely N-dealkylation sites (N-methyl/N-ethyl adjacent to an activating group) is 1. The molecule has 2 N–H and O–H groups in total. The highest BCUT2D eigenvalue weighted by atomic mass is 16.5. The summed E-state index contributed by atoms with van der Waals surface area (Å²) in [5.74, 6) is 0.885. The van der Waals surface area contributed by atoms with Gasteiger partial charge in [-0.25, -0.2) is 0 Å². The molecule has 1 aromatic rings. The molecule has 0 aliphatic carbocycles. The fraction of sp³-hybridized carbons (Fsp3) is 0.417. The van der Waals surface area contributed by atoms with Crippen molar-refractivity contribution in [1.29, 1.82) is 0 Å². The van der Waals surface area contributed by atoms with Crippen LogP contribution in [0.1, 0.15) is 12.0 Å². The van der Waals surface area contributed by atoms with E-state index in [0.29, 0.717) is 13.0 Å². The van der Waals surface area contributed by atoms with E-state index in [-0.39, 0.29) is 5.91 Å². The lowest BCUT2D eigenvalue weighted by atomic mass is 10.0. The van der Waals surface area contributed by atoms with Crippen LogP contribution in [-0.4, -0.2) is 26.1 Å². The van der Waals surface area contributed by atoms with E-state index in [1.54, 1.807) is 0 Å². The molecule has 4 nitrogen and oxygen atoms in total. The molecule has 0 spiro atoms. The first-order chi connectivity index (χ1) is 7.79. The number of nitrogens with one attached hydrogen (secondary N) is 2. The third-order valence-electron chi connectivity index (χ3n) is 2.60. The summed E-state index contributed by atoms with van der Waals surface area (Å²) in [6.07, 6.45) is 1.39. The van der Waals surface area contributed by atoms with E-state index >= 15 is 0 Å². The van der Waals surface area contributed by atoms with Gasteiger partial charge in [0.2, 0.25) is 5.91 Å². The molecule has 0 atom stereocenters. The van der Waals surface area contributed by atoms with Crippen molar-refractivity contribution in [2.75, 3.05) is 25.5 Å². The van der Waals surface area contributed by atoms with E-state index in [2.05, 4.69) is 10.6 Å². The van der Waals surface area contributed by atoms with Crippen molar-refractivity contribution >= 4 is 11.6 Å². The SMILES string of the molecule is CNCCOc1ccc2c(c1)NC(=O)CC2. The van der Waals surface area contributed by atoms with E-state index < -0.39 is 0 Å². The number of hydrogen-bond acceptors (Lipinski definition) is 3. The van der Waals surface area contributed by atoms with Crippen LogP contribution in [0.4, 0.5) is 5.69 Å². The van der Waals surface area contributed by atoms with Crippen molar-refractivity contribution in [3.05, 3.63) is 23.8 Å². The maximum absolute atomic E-state index is 11.2. The van der Waals surface area contributed by atoms with Crippen molar-refractivity contribution < 1.29 is 9.53 Å². The molecule has 1 aromatic carbocycles. The molecule has 16 heavy (non-hydrogen) atoms. The number of ether oxygens (including phenoxy) is 1. The fourth-order valence-electron chi connectivity index (χ4n) is 1.71. The molecule has 0 saturated carbocycles. The third-order valence-corrected chi connectivity index (χ3v) is 2.60. The van der Waals surface area contributed by atoms with Gasteiger partial charge >= 0.3 is 0 Å². The smallest absolute Gasteiger partial charge is 0.224 e. The molecule has 0 saturated heterocycles. The van der Waals surface area contributed by atoms with Crippen LogP contribution >= 0.6 is 0 Å². The van der Waals surface area contributed by atoms with Crippen LogP contribution in [0.2, 0.25) is 0 Å². The molecule has 0 unspecified atom stereocenters. The van der Waals surface area contributed by atoms with Gasteiger partial charge in [-0.3, -0.25) is 4.79 Å². The van der Waals surface area contributed by atoms with Crippen LogP contribution in [0, 0.1) is 0 Å². The summed E-state index contributed by atoms with van der Waals surface area (Å²) >= 11 is 0. The van der Waals surface area contributed by atoms with Crippen LogP contribution in [0.15, 0.2) is 18.2 Å². The third kappa shape index (κ3) is 2.52. The van der Waals surface area contributed by atoms with Crippen molar-refractivity contribution in [3.63, 3.8) is 0 Å². The van der Waals surface area contributed by atoms with Gasteiger partial charge in [-0.15, -0.1) is 0 Å². The van der Waals surface area contributed by atoms with Gasteiger partial charge in [0.15, 0.2) is 0 Å². The van der Waals surface area contributed by atoms with Gasteiger partial charge in [-0.05, 0) is 25.1 Å². The van der Waals surface area contributed by atoms with Gasteiger partial charge in [0.05, 0.1) is 0 Å². The van der Waals surface area contributed by atoms with E-state index in [9.17, 15) is 4.79 Å². The molecule has 1 aliphatic rings. The quantitative estimate of drug-likeness (QED) is 0.749. The Morgan fingerprint density at radius 3 is 3.12 bits per heavy atom. The Bertz CT molecular complexity index is 391. The highest BCUT2D eigenvalue weighted by Crippen LogP contribution is 2.26. The Morgan fingerprint density at radius 2 is 2.31 bits per heavy atom. The monoisotopic (exact) mass is 220 g/mol. The van der Waals surface area contributed by atoms with Crippen LogP contribution in [0.3, 0.4) is 0 Å². The molecule has 1 heterocycles. The normalized spacial score (nSPS) is 14.2. The summed E-state index contributed by atoms with van der Waals surface area (Å²) in [5.41, 5.74) is 2.07. The molecule has 0 bridgehead atoms. The number of hydrogen-bond donors (Lipinski definition) is 2. The molecule has 2 rings (SSSR count). The molecule has 0 fully saturated rings. The number of amides is 1. The van der Waals surface area contributed by atoms with Gasteiger partial charge in [0, 0.05) is 24.7 Å². The van der Waals surface area contributed by atoms with Gasteiger partial charge in [0.25, 0.3) is 0 Å². The number of carbonyl (C=O) groups excluding carboxylic acids is 1. The second-order valence-electron chi connectivity index (χ2n) is 3.82. The Hall–Kier alpha value is -1.55. The van der Waals surface area contributed by atoms with Crippen LogP contribution in [0.5, 0.6) is 5.75 Å². The molecule has 0 aromatic heterocycles. The standard InChI is InChI=1S/C12H16N2O2/c1-13-6-7-16-10-4-2-9-3-5-12(15)14-11(9)8-10/h2,4,8,13H,3,5-7H2,1H3,(H,14,15). The maximum atomic E-state index is 11.2. The molecule has 1 amide bonds. The van der Waals surface area contributed by atoms with Crippen molar-refractivity contribution in [1.82, 2.24) is 5.32 Å². The lowest BCUT2D eigenvalue weighted by Gasteiger charge is -2.17. The minimum atomic E-state index is 0.0832. The molecule has 86 valence electrons. The van der Waals surface area contributed by atoms with Gasteiger partial charge in [-0.2, -0.15) is 0 Å². The van der Waals surface area contributed by atoms with E-state index in [1.807, 2.05) is 25.2 Å². The average Bonchev–Trinajstić information content (AvgIpc) is 2.29. The van der Waals surface area contributed by atoms with Crippen LogP contribution < -0.4 is 15.4 Å². The largest absolute Gasteiger partial charge is 0.492 e. The van der Waals surface area contributed by atoms with Crippen molar-refractivity contribution in [2.45, 2.75) is 12.8 Å². The first kappa shape index (κ1) is 11.0. The number of aryl methyl sites for hydroxylation is 1. The van der Waals surface area contributed by atoms with Crippen LogP contribution in [-0.2, 0) is 11.2 Å². The number of rotatable bonds is 4. The first-order valence-corrected chi connectivity index (χ1v) is 5.50. The Balaban J connectivity index is 2.06. The number of carbonyl (C=O) groups is 1. The predicted octanol–water partition coefficient (Wildman–Crippen LogP) is 1.17. The highest BCUT2D eigenvalue weighted by Gasteiger charge is 2.14. The Labute approximate surface area is 95.0 Å². The maximum Gasteiger partial charge on any atom is 0.224 e.